The molecule has 0 spiro atoms. The lowest BCUT2D eigenvalue weighted by molar-refractivity contribution is -0.00749. The first kappa shape index (κ1) is 21.8. The van der Waals surface area contributed by atoms with Crippen molar-refractivity contribution in [1.29, 1.82) is 0 Å². The van der Waals surface area contributed by atoms with E-state index in [2.05, 4.69) is 23.3 Å². The SMILES string of the molecule is C[C@@H](c1ccccc1-c1ccc(F)cc1)n1cncc1C(=O)N1CCCC2OCCN[C@H]2C1. The largest absolute Gasteiger partial charge is 0.375 e. The van der Waals surface area contributed by atoms with Gasteiger partial charge >= 0.3 is 0 Å². The highest BCUT2D eigenvalue weighted by atomic mass is 19.1. The Bertz CT molecular complexity index is 1110. The maximum atomic E-state index is 13.6. The zero-order chi connectivity index (χ0) is 22.8. The second-order valence-corrected chi connectivity index (χ2v) is 8.82. The molecule has 33 heavy (non-hydrogen) atoms. The molecule has 0 bridgehead atoms. The summed E-state index contributed by atoms with van der Waals surface area (Å²) in [5.74, 6) is -0.268. The fourth-order valence-corrected chi connectivity index (χ4v) is 5.01. The van der Waals surface area contributed by atoms with Crippen molar-refractivity contribution in [2.75, 3.05) is 26.2 Å². The van der Waals surface area contributed by atoms with Crippen LogP contribution in [0.2, 0.25) is 0 Å². The van der Waals surface area contributed by atoms with Crippen molar-refractivity contribution < 1.29 is 13.9 Å². The Morgan fingerprint density at radius 1 is 1.21 bits per heavy atom. The van der Waals surface area contributed by atoms with Crippen molar-refractivity contribution in [3.05, 3.63) is 78.1 Å². The molecule has 7 heteroatoms. The minimum absolute atomic E-state index is 0.00774. The number of ether oxygens (including phenoxy) is 1. The summed E-state index contributed by atoms with van der Waals surface area (Å²) in [6.45, 7) is 4.96. The lowest BCUT2D eigenvalue weighted by Gasteiger charge is -2.33. The molecule has 0 saturated carbocycles. The number of nitrogens with one attached hydrogen (secondary N) is 1. The minimum Gasteiger partial charge on any atom is -0.375 e. The summed E-state index contributed by atoms with van der Waals surface area (Å²) in [7, 11) is 0. The second kappa shape index (κ2) is 9.45. The number of nitrogens with zero attached hydrogens (tertiary/aromatic N) is 3. The van der Waals surface area contributed by atoms with Crippen molar-refractivity contribution in [3.8, 4) is 11.1 Å². The molecule has 5 rings (SSSR count). The molecule has 3 atom stereocenters. The number of hydrogen-bond acceptors (Lipinski definition) is 4. The second-order valence-electron chi connectivity index (χ2n) is 8.82. The molecule has 6 nitrogen and oxygen atoms in total. The van der Waals surface area contributed by atoms with Gasteiger partial charge in [-0.15, -0.1) is 0 Å². The van der Waals surface area contributed by atoms with Gasteiger partial charge in [0.25, 0.3) is 5.91 Å². The molecule has 3 aromatic rings. The number of halogens is 1. The van der Waals surface area contributed by atoms with Gasteiger partial charge in [-0.25, -0.2) is 9.37 Å². The third-order valence-electron chi connectivity index (χ3n) is 6.78. The molecule has 1 N–H and O–H groups in total. The van der Waals surface area contributed by atoms with E-state index in [1.165, 1.54) is 12.1 Å². The van der Waals surface area contributed by atoms with Gasteiger partial charge in [-0.2, -0.15) is 0 Å². The van der Waals surface area contributed by atoms with Crippen LogP contribution in [0.3, 0.4) is 0 Å². The summed E-state index contributed by atoms with van der Waals surface area (Å²) in [5, 5.41) is 3.52. The van der Waals surface area contributed by atoms with E-state index >= 15 is 0 Å². The number of benzene rings is 2. The molecule has 1 amide bonds. The zero-order valence-corrected chi connectivity index (χ0v) is 18.8. The number of imidazole rings is 1. The number of rotatable bonds is 4. The van der Waals surface area contributed by atoms with E-state index in [0.29, 0.717) is 18.8 Å². The lowest BCUT2D eigenvalue weighted by Crippen LogP contribution is -2.53. The number of carbonyl (C=O) groups is 1. The first-order valence-electron chi connectivity index (χ1n) is 11.6. The highest BCUT2D eigenvalue weighted by Gasteiger charge is 2.33. The highest BCUT2D eigenvalue weighted by molar-refractivity contribution is 5.92. The van der Waals surface area contributed by atoms with Gasteiger partial charge in [0.15, 0.2) is 0 Å². The van der Waals surface area contributed by atoms with E-state index in [-0.39, 0.29) is 29.9 Å². The Kier molecular flexibility index (Phi) is 6.24. The molecule has 2 aliphatic heterocycles. The van der Waals surface area contributed by atoms with Crippen LogP contribution in [0.5, 0.6) is 0 Å². The standard InChI is InChI=1S/C26H29FN4O2/c1-18(21-5-2-3-6-22(21)19-8-10-20(27)11-9-19)31-17-28-15-24(31)26(32)30-13-4-7-25-23(16-30)29-12-14-33-25/h2-3,5-6,8-11,15,17-18,23,25,29H,4,7,12-14,16H2,1H3/t18-,23-,25?/m0/s1. The topological polar surface area (TPSA) is 59.4 Å². The fraction of sp³-hybridized carbons (Fsp3) is 0.385. The van der Waals surface area contributed by atoms with Crippen LogP contribution in [0, 0.1) is 5.82 Å². The fourth-order valence-electron chi connectivity index (χ4n) is 5.01. The number of hydrogen-bond donors (Lipinski definition) is 1. The quantitative estimate of drug-likeness (QED) is 0.658. The van der Waals surface area contributed by atoms with Crippen molar-refractivity contribution >= 4 is 5.91 Å². The summed E-state index contributed by atoms with van der Waals surface area (Å²) in [6, 6.07) is 14.6. The average Bonchev–Trinajstić information content (AvgIpc) is 3.23. The minimum atomic E-state index is -0.260. The van der Waals surface area contributed by atoms with Gasteiger partial charge in [-0.3, -0.25) is 4.79 Å². The number of aromatic nitrogens is 2. The van der Waals surface area contributed by atoms with E-state index in [9.17, 15) is 9.18 Å². The van der Waals surface area contributed by atoms with Gasteiger partial charge < -0.3 is 19.5 Å². The van der Waals surface area contributed by atoms with Crippen LogP contribution in [0.4, 0.5) is 4.39 Å². The Morgan fingerprint density at radius 3 is 2.88 bits per heavy atom. The summed E-state index contributed by atoms with van der Waals surface area (Å²) < 4.78 is 21.3. The van der Waals surface area contributed by atoms with Gasteiger partial charge in [0.05, 0.1) is 37.3 Å². The van der Waals surface area contributed by atoms with Crippen LogP contribution < -0.4 is 5.32 Å². The van der Waals surface area contributed by atoms with Crippen LogP contribution in [0.1, 0.15) is 41.9 Å². The Morgan fingerprint density at radius 2 is 2.03 bits per heavy atom. The molecule has 1 unspecified atom stereocenters. The first-order chi connectivity index (χ1) is 16.1. The Hall–Kier alpha value is -3.03. The predicted molar refractivity (Wildman–Crippen MR) is 125 cm³/mol. The summed E-state index contributed by atoms with van der Waals surface area (Å²) in [5.41, 5.74) is 3.58. The predicted octanol–water partition coefficient (Wildman–Crippen LogP) is 3.89. The lowest BCUT2D eigenvalue weighted by atomic mass is 9.95. The van der Waals surface area contributed by atoms with Crippen LogP contribution in [-0.4, -0.2) is 58.7 Å². The molecule has 2 saturated heterocycles. The normalized spacial score (nSPS) is 21.8. The molecule has 3 heterocycles. The van der Waals surface area contributed by atoms with Gasteiger partial charge in [0, 0.05) is 19.6 Å². The molecule has 2 fully saturated rings. The van der Waals surface area contributed by atoms with E-state index < -0.39 is 0 Å². The van der Waals surface area contributed by atoms with E-state index in [0.717, 1.165) is 42.7 Å². The Balaban J connectivity index is 1.42. The van der Waals surface area contributed by atoms with Crippen LogP contribution >= 0.6 is 0 Å². The molecular formula is C26H29FN4O2. The third-order valence-corrected chi connectivity index (χ3v) is 6.78. The molecular weight excluding hydrogens is 419 g/mol. The van der Waals surface area contributed by atoms with Crippen molar-refractivity contribution in [3.63, 3.8) is 0 Å². The third kappa shape index (κ3) is 4.43. The monoisotopic (exact) mass is 448 g/mol. The number of amides is 1. The number of fused-ring (bicyclic) bond motifs is 1. The number of morpholine rings is 1. The molecule has 1 aromatic heterocycles. The van der Waals surface area contributed by atoms with Crippen LogP contribution in [-0.2, 0) is 4.74 Å². The molecule has 2 aromatic carbocycles. The van der Waals surface area contributed by atoms with Crippen LogP contribution in [0.15, 0.2) is 61.1 Å². The van der Waals surface area contributed by atoms with Gasteiger partial charge in [-0.1, -0.05) is 36.4 Å². The van der Waals surface area contributed by atoms with Crippen molar-refractivity contribution in [2.24, 2.45) is 0 Å². The van der Waals surface area contributed by atoms with E-state index in [4.69, 9.17) is 4.74 Å². The summed E-state index contributed by atoms with van der Waals surface area (Å²) in [4.78, 5) is 19.9. The van der Waals surface area contributed by atoms with E-state index in [1.54, 1.807) is 24.7 Å². The smallest absolute Gasteiger partial charge is 0.272 e. The number of carbonyl (C=O) groups excluding carboxylic acids is 1. The van der Waals surface area contributed by atoms with E-state index in [1.807, 2.05) is 27.7 Å². The van der Waals surface area contributed by atoms with Crippen LogP contribution in [0.25, 0.3) is 11.1 Å². The molecule has 172 valence electrons. The number of likely N-dealkylation sites (tertiary alicyclic amines) is 1. The highest BCUT2D eigenvalue weighted by Crippen LogP contribution is 2.31. The van der Waals surface area contributed by atoms with Crippen molar-refractivity contribution in [2.45, 2.75) is 38.0 Å². The molecule has 0 radical (unpaired) electrons. The summed E-state index contributed by atoms with van der Waals surface area (Å²) >= 11 is 0. The summed E-state index contributed by atoms with van der Waals surface area (Å²) in [6.07, 6.45) is 5.44. The maximum absolute atomic E-state index is 13.6. The average molecular weight is 449 g/mol. The van der Waals surface area contributed by atoms with Gasteiger partial charge in [0.2, 0.25) is 0 Å². The maximum Gasteiger partial charge on any atom is 0.272 e. The Labute approximate surface area is 193 Å². The van der Waals surface area contributed by atoms with Crippen molar-refractivity contribution in [1.82, 2.24) is 19.8 Å². The zero-order valence-electron chi connectivity index (χ0n) is 18.8. The molecule has 0 aliphatic carbocycles. The molecule has 2 aliphatic rings. The van der Waals surface area contributed by atoms with Gasteiger partial charge in [-0.05, 0) is 48.6 Å². The first-order valence-corrected chi connectivity index (χ1v) is 11.6. The van der Waals surface area contributed by atoms with Gasteiger partial charge in [0.1, 0.15) is 11.5 Å².